The molecule has 3 aromatic rings. The van der Waals surface area contributed by atoms with E-state index in [-0.39, 0.29) is 6.54 Å². The maximum Gasteiger partial charge on any atom is 0.177 e. The zero-order chi connectivity index (χ0) is 14.8. The van der Waals surface area contributed by atoms with Crippen molar-refractivity contribution in [1.82, 2.24) is 19.8 Å². The van der Waals surface area contributed by atoms with Gasteiger partial charge >= 0.3 is 0 Å². The molecule has 2 N–H and O–H groups in total. The molecular formula is C14H15N5O2. The summed E-state index contributed by atoms with van der Waals surface area (Å²) < 4.78 is 12.3. The molecule has 7 nitrogen and oxygen atoms in total. The average molecular weight is 285 g/mol. The van der Waals surface area contributed by atoms with Crippen LogP contribution < -0.4 is 15.2 Å². The normalized spacial score (nSPS) is 10.8. The van der Waals surface area contributed by atoms with Gasteiger partial charge in [0.25, 0.3) is 0 Å². The van der Waals surface area contributed by atoms with Gasteiger partial charge in [-0.15, -0.1) is 10.2 Å². The first-order chi connectivity index (χ1) is 10.3. The number of nitrogens with two attached hydrogens (primary N) is 1. The van der Waals surface area contributed by atoms with E-state index in [1.165, 1.54) is 0 Å². The fraction of sp³-hybridized carbons (Fsp3) is 0.214. The first kappa shape index (κ1) is 13.3. The Morgan fingerprint density at radius 2 is 1.95 bits per heavy atom. The lowest BCUT2D eigenvalue weighted by Crippen LogP contribution is -2.05. The minimum Gasteiger partial charge on any atom is -0.497 e. The molecule has 0 atom stereocenters. The molecule has 0 radical (unpaired) electrons. The molecule has 0 unspecified atom stereocenters. The Bertz CT molecular complexity index is 784. The zero-order valence-electron chi connectivity index (χ0n) is 11.8. The van der Waals surface area contributed by atoms with E-state index in [0.29, 0.717) is 17.2 Å². The van der Waals surface area contributed by atoms with Crippen molar-refractivity contribution in [2.24, 2.45) is 5.73 Å². The highest BCUT2D eigenvalue weighted by Crippen LogP contribution is 2.32. The third-order valence-corrected chi connectivity index (χ3v) is 3.19. The van der Waals surface area contributed by atoms with Crippen molar-refractivity contribution in [3.63, 3.8) is 0 Å². The largest absolute Gasteiger partial charge is 0.497 e. The predicted molar refractivity (Wildman–Crippen MR) is 77.2 cm³/mol. The molecule has 0 aliphatic heterocycles. The van der Waals surface area contributed by atoms with Crippen LogP contribution in [0.2, 0.25) is 0 Å². The Kier molecular flexibility index (Phi) is 3.41. The Labute approximate surface area is 121 Å². The Morgan fingerprint density at radius 3 is 2.67 bits per heavy atom. The van der Waals surface area contributed by atoms with E-state index >= 15 is 0 Å². The number of methoxy groups -OCH3 is 2. The summed E-state index contributed by atoms with van der Waals surface area (Å²) in [5, 5.41) is 12.5. The Hall–Kier alpha value is -2.67. The van der Waals surface area contributed by atoms with Gasteiger partial charge in [0, 0.05) is 5.56 Å². The van der Waals surface area contributed by atoms with Gasteiger partial charge in [0.15, 0.2) is 11.5 Å². The molecule has 0 amide bonds. The molecular weight excluding hydrogens is 270 g/mol. The first-order valence-corrected chi connectivity index (χ1v) is 6.40. The highest BCUT2D eigenvalue weighted by Gasteiger charge is 2.12. The number of rotatable bonds is 4. The van der Waals surface area contributed by atoms with Crippen molar-refractivity contribution < 1.29 is 9.47 Å². The minimum atomic E-state index is 0.271. The summed E-state index contributed by atoms with van der Waals surface area (Å²) in [6.07, 6.45) is 0. The lowest BCUT2D eigenvalue weighted by molar-refractivity contribution is 0.404. The third-order valence-electron chi connectivity index (χ3n) is 3.19. The van der Waals surface area contributed by atoms with E-state index in [0.717, 1.165) is 17.0 Å². The highest BCUT2D eigenvalue weighted by atomic mass is 16.5. The van der Waals surface area contributed by atoms with Crippen molar-refractivity contribution >= 4 is 5.65 Å². The molecule has 0 aliphatic carbocycles. The number of fused-ring (bicyclic) bond motifs is 1. The summed E-state index contributed by atoms with van der Waals surface area (Å²) >= 11 is 0. The molecule has 0 fully saturated rings. The fourth-order valence-corrected chi connectivity index (χ4v) is 2.12. The number of ether oxygens (including phenoxy) is 2. The molecule has 1 aromatic carbocycles. The van der Waals surface area contributed by atoms with Crippen LogP contribution in [-0.2, 0) is 6.54 Å². The second kappa shape index (κ2) is 5.37. The van der Waals surface area contributed by atoms with E-state index in [1.807, 2.05) is 30.3 Å². The molecule has 2 heterocycles. The molecule has 0 saturated carbocycles. The summed E-state index contributed by atoms with van der Waals surface area (Å²) in [7, 11) is 3.24. The second-order valence-corrected chi connectivity index (χ2v) is 4.38. The molecule has 7 heteroatoms. The van der Waals surface area contributed by atoms with Crippen LogP contribution in [0.1, 0.15) is 5.82 Å². The van der Waals surface area contributed by atoms with Gasteiger partial charge in [-0.25, -0.2) is 0 Å². The highest BCUT2D eigenvalue weighted by molar-refractivity contribution is 5.69. The number of benzene rings is 1. The van der Waals surface area contributed by atoms with Crippen LogP contribution in [0.5, 0.6) is 11.5 Å². The number of hydrogen-bond donors (Lipinski definition) is 1. The fourth-order valence-electron chi connectivity index (χ4n) is 2.12. The zero-order valence-corrected chi connectivity index (χ0v) is 11.8. The number of aromatic nitrogens is 4. The lowest BCUT2D eigenvalue weighted by atomic mass is 10.1. The van der Waals surface area contributed by atoms with E-state index < -0.39 is 0 Å². The molecule has 2 aromatic heterocycles. The summed E-state index contributed by atoms with van der Waals surface area (Å²) in [5.74, 6) is 2.05. The summed E-state index contributed by atoms with van der Waals surface area (Å²) in [6.45, 7) is 0.271. The van der Waals surface area contributed by atoms with E-state index in [9.17, 15) is 0 Å². The molecule has 0 bridgehead atoms. The molecule has 0 saturated heterocycles. The van der Waals surface area contributed by atoms with Crippen molar-refractivity contribution in [3.8, 4) is 22.8 Å². The Morgan fingerprint density at radius 1 is 1.10 bits per heavy atom. The average Bonchev–Trinajstić information content (AvgIpc) is 2.96. The van der Waals surface area contributed by atoms with Crippen LogP contribution in [0.15, 0.2) is 30.3 Å². The molecule has 3 rings (SSSR count). The van der Waals surface area contributed by atoms with Gasteiger partial charge in [-0.2, -0.15) is 9.61 Å². The van der Waals surface area contributed by atoms with Gasteiger partial charge in [-0.1, -0.05) is 0 Å². The monoisotopic (exact) mass is 285 g/mol. The van der Waals surface area contributed by atoms with E-state index in [2.05, 4.69) is 15.3 Å². The standard InChI is InChI=1S/C14H15N5O2/c1-20-9-3-5-12(21-2)10(7-9)11-4-6-13-16-17-14(8-15)19(13)18-11/h3-7H,8,15H2,1-2H3. The van der Waals surface area contributed by atoms with Crippen molar-refractivity contribution in [2.75, 3.05) is 14.2 Å². The van der Waals surface area contributed by atoms with Gasteiger partial charge in [0.2, 0.25) is 0 Å². The van der Waals surface area contributed by atoms with E-state index in [4.69, 9.17) is 15.2 Å². The first-order valence-electron chi connectivity index (χ1n) is 6.40. The molecule has 21 heavy (non-hydrogen) atoms. The molecule has 0 aliphatic rings. The van der Waals surface area contributed by atoms with Crippen molar-refractivity contribution in [3.05, 3.63) is 36.2 Å². The SMILES string of the molecule is COc1ccc(OC)c(-c2ccc3nnc(CN)n3n2)c1. The minimum absolute atomic E-state index is 0.271. The van der Waals surface area contributed by atoms with Gasteiger partial charge in [0.1, 0.15) is 11.5 Å². The Balaban J connectivity index is 2.19. The molecule has 0 spiro atoms. The van der Waals surface area contributed by atoms with Crippen molar-refractivity contribution in [2.45, 2.75) is 6.54 Å². The predicted octanol–water partition coefficient (Wildman–Crippen LogP) is 1.27. The van der Waals surface area contributed by atoms with Gasteiger partial charge in [0.05, 0.1) is 26.5 Å². The van der Waals surface area contributed by atoms with E-state index in [1.54, 1.807) is 18.7 Å². The van der Waals surface area contributed by atoms with Gasteiger partial charge in [-0.3, -0.25) is 0 Å². The van der Waals surface area contributed by atoms with Crippen LogP contribution in [0.3, 0.4) is 0 Å². The second-order valence-electron chi connectivity index (χ2n) is 4.38. The van der Waals surface area contributed by atoms with Crippen LogP contribution in [0.4, 0.5) is 0 Å². The topological polar surface area (TPSA) is 87.6 Å². The summed E-state index contributed by atoms with van der Waals surface area (Å²) in [6, 6.07) is 9.26. The van der Waals surface area contributed by atoms with Gasteiger partial charge in [-0.05, 0) is 30.3 Å². The number of nitrogens with zero attached hydrogens (tertiary/aromatic N) is 4. The maximum absolute atomic E-state index is 5.64. The molecule has 108 valence electrons. The van der Waals surface area contributed by atoms with Crippen molar-refractivity contribution in [1.29, 1.82) is 0 Å². The summed E-state index contributed by atoms with van der Waals surface area (Å²) in [4.78, 5) is 0. The smallest absolute Gasteiger partial charge is 0.177 e. The van der Waals surface area contributed by atoms with Crippen LogP contribution >= 0.6 is 0 Å². The third kappa shape index (κ3) is 2.27. The lowest BCUT2D eigenvalue weighted by Gasteiger charge is -2.10. The van der Waals surface area contributed by atoms with Gasteiger partial charge < -0.3 is 15.2 Å². The van der Waals surface area contributed by atoms with Crippen LogP contribution in [0, 0.1) is 0 Å². The summed E-state index contributed by atoms with van der Waals surface area (Å²) in [5.41, 5.74) is 7.86. The van der Waals surface area contributed by atoms with Crippen LogP contribution in [0.25, 0.3) is 16.9 Å². The number of hydrogen-bond acceptors (Lipinski definition) is 6. The quantitative estimate of drug-likeness (QED) is 0.776. The maximum atomic E-state index is 5.64. The van der Waals surface area contributed by atoms with Crippen LogP contribution in [-0.4, -0.2) is 34.0 Å².